The highest BCUT2D eigenvalue weighted by Crippen LogP contribution is 2.26. The fourth-order valence-corrected chi connectivity index (χ4v) is 2.58. The number of likely N-dealkylation sites (tertiary alicyclic amines) is 1. The van der Waals surface area contributed by atoms with Gasteiger partial charge in [0.2, 0.25) is 0 Å². The van der Waals surface area contributed by atoms with Crippen molar-refractivity contribution >= 4 is 5.97 Å². The number of piperidine rings is 1. The molecule has 1 aliphatic heterocycles. The third kappa shape index (κ3) is 4.28. The molecule has 1 heterocycles. The molecule has 0 saturated carbocycles. The molecule has 1 fully saturated rings. The van der Waals surface area contributed by atoms with Crippen LogP contribution in [0.4, 0.5) is 0 Å². The second-order valence-electron chi connectivity index (χ2n) is 4.73. The topological polar surface area (TPSA) is 41.6 Å². The smallest absolute Gasteiger partial charge is 0.307 e. The van der Waals surface area contributed by atoms with E-state index in [0.717, 1.165) is 39.0 Å². The van der Waals surface area contributed by atoms with Crippen LogP contribution in [-0.4, -0.2) is 49.2 Å². The highest BCUT2D eigenvalue weighted by molar-refractivity contribution is 5.71. The van der Waals surface area contributed by atoms with Crippen molar-refractivity contribution < 1.29 is 9.53 Å². The van der Waals surface area contributed by atoms with Crippen LogP contribution < -0.4 is 5.32 Å². The second-order valence-corrected chi connectivity index (χ2v) is 4.73. The first-order chi connectivity index (χ1) is 8.15. The van der Waals surface area contributed by atoms with Gasteiger partial charge in [-0.1, -0.05) is 13.8 Å². The number of ether oxygens (including phenoxy) is 1. The molecule has 4 heteroatoms. The van der Waals surface area contributed by atoms with E-state index in [2.05, 4.69) is 24.1 Å². The Morgan fingerprint density at radius 1 is 1.29 bits per heavy atom. The van der Waals surface area contributed by atoms with E-state index in [1.54, 1.807) is 0 Å². The standard InChI is InChI=1S/C13H26N2O2/c1-4-14-13(11-12(16)17-6-3)7-9-15(5-2)10-8-13/h14H,4-11H2,1-3H3. The van der Waals surface area contributed by atoms with Gasteiger partial charge in [0.05, 0.1) is 13.0 Å². The van der Waals surface area contributed by atoms with Gasteiger partial charge in [-0.05, 0) is 45.9 Å². The number of hydrogen-bond donors (Lipinski definition) is 1. The van der Waals surface area contributed by atoms with E-state index in [0.29, 0.717) is 13.0 Å². The zero-order valence-corrected chi connectivity index (χ0v) is 11.4. The third-order valence-electron chi connectivity index (χ3n) is 3.60. The van der Waals surface area contributed by atoms with E-state index in [-0.39, 0.29) is 11.5 Å². The van der Waals surface area contributed by atoms with Crippen LogP contribution in [0.1, 0.15) is 40.0 Å². The second kappa shape index (κ2) is 6.97. The third-order valence-corrected chi connectivity index (χ3v) is 3.60. The Hall–Kier alpha value is -0.610. The summed E-state index contributed by atoms with van der Waals surface area (Å²) in [5.41, 5.74) is -0.0350. The Bertz CT molecular complexity index is 236. The summed E-state index contributed by atoms with van der Waals surface area (Å²) in [5, 5.41) is 3.50. The fraction of sp³-hybridized carbons (Fsp3) is 0.923. The van der Waals surface area contributed by atoms with Crippen molar-refractivity contribution in [3.05, 3.63) is 0 Å². The number of nitrogens with zero attached hydrogens (tertiary/aromatic N) is 1. The molecule has 0 aliphatic carbocycles. The molecular weight excluding hydrogens is 216 g/mol. The fourth-order valence-electron chi connectivity index (χ4n) is 2.58. The van der Waals surface area contributed by atoms with Crippen LogP contribution in [0, 0.1) is 0 Å². The molecule has 1 N–H and O–H groups in total. The largest absolute Gasteiger partial charge is 0.466 e. The monoisotopic (exact) mass is 242 g/mol. The molecule has 0 bridgehead atoms. The molecule has 0 atom stereocenters. The molecule has 1 saturated heterocycles. The Kier molecular flexibility index (Phi) is 5.92. The molecule has 0 amide bonds. The maximum Gasteiger partial charge on any atom is 0.307 e. The van der Waals surface area contributed by atoms with E-state index >= 15 is 0 Å². The van der Waals surface area contributed by atoms with Gasteiger partial charge in [0.1, 0.15) is 0 Å². The van der Waals surface area contributed by atoms with Gasteiger partial charge < -0.3 is 15.0 Å². The Balaban J connectivity index is 2.54. The van der Waals surface area contributed by atoms with Crippen molar-refractivity contribution in [1.82, 2.24) is 10.2 Å². The molecule has 0 aromatic rings. The molecule has 17 heavy (non-hydrogen) atoms. The number of carbonyl (C=O) groups excluding carboxylic acids is 1. The van der Waals surface area contributed by atoms with Crippen molar-refractivity contribution in [2.45, 2.75) is 45.6 Å². The molecule has 0 unspecified atom stereocenters. The van der Waals surface area contributed by atoms with Gasteiger partial charge in [-0.3, -0.25) is 4.79 Å². The van der Waals surface area contributed by atoms with Crippen LogP contribution in [0.3, 0.4) is 0 Å². The minimum atomic E-state index is -0.0709. The zero-order valence-electron chi connectivity index (χ0n) is 11.4. The summed E-state index contributed by atoms with van der Waals surface area (Å²) in [6.07, 6.45) is 2.58. The van der Waals surface area contributed by atoms with E-state index in [1.165, 1.54) is 0 Å². The van der Waals surface area contributed by atoms with Gasteiger partial charge in [0.25, 0.3) is 0 Å². The summed E-state index contributed by atoms with van der Waals surface area (Å²) in [5.74, 6) is -0.0709. The van der Waals surface area contributed by atoms with Crippen molar-refractivity contribution in [3.63, 3.8) is 0 Å². The van der Waals surface area contributed by atoms with Gasteiger partial charge in [-0.15, -0.1) is 0 Å². The molecule has 1 aliphatic rings. The Morgan fingerprint density at radius 3 is 2.41 bits per heavy atom. The van der Waals surface area contributed by atoms with Crippen LogP contribution in [0.5, 0.6) is 0 Å². The predicted octanol–water partition coefficient (Wildman–Crippen LogP) is 1.40. The number of rotatable bonds is 6. The highest BCUT2D eigenvalue weighted by Gasteiger charge is 2.35. The van der Waals surface area contributed by atoms with Crippen LogP contribution in [0.2, 0.25) is 0 Å². The quantitative estimate of drug-likeness (QED) is 0.715. The molecular formula is C13H26N2O2. The van der Waals surface area contributed by atoms with Gasteiger partial charge in [0.15, 0.2) is 0 Å². The number of hydrogen-bond acceptors (Lipinski definition) is 4. The van der Waals surface area contributed by atoms with Gasteiger partial charge >= 0.3 is 5.97 Å². The molecule has 0 aromatic carbocycles. The average Bonchev–Trinajstić information content (AvgIpc) is 2.30. The maximum absolute atomic E-state index is 11.7. The Morgan fingerprint density at radius 2 is 1.94 bits per heavy atom. The molecule has 100 valence electrons. The van der Waals surface area contributed by atoms with Crippen LogP contribution in [-0.2, 0) is 9.53 Å². The molecule has 0 radical (unpaired) electrons. The lowest BCUT2D eigenvalue weighted by Gasteiger charge is -2.41. The zero-order chi connectivity index (χ0) is 12.7. The maximum atomic E-state index is 11.7. The van der Waals surface area contributed by atoms with Crippen molar-refractivity contribution in [2.24, 2.45) is 0 Å². The molecule has 0 spiro atoms. The Labute approximate surface area is 105 Å². The lowest BCUT2D eigenvalue weighted by molar-refractivity contribution is -0.145. The van der Waals surface area contributed by atoms with E-state index in [9.17, 15) is 4.79 Å². The highest BCUT2D eigenvalue weighted by atomic mass is 16.5. The van der Waals surface area contributed by atoms with E-state index < -0.39 is 0 Å². The first-order valence-electron chi connectivity index (χ1n) is 6.78. The molecule has 1 rings (SSSR count). The van der Waals surface area contributed by atoms with E-state index in [4.69, 9.17) is 4.74 Å². The van der Waals surface area contributed by atoms with Crippen molar-refractivity contribution in [3.8, 4) is 0 Å². The van der Waals surface area contributed by atoms with Crippen molar-refractivity contribution in [1.29, 1.82) is 0 Å². The minimum absolute atomic E-state index is 0.0350. The summed E-state index contributed by atoms with van der Waals surface area (Å²) in [7, 11) is 0. The summed E-state index contributed by atoms with van der Waals surface area (Å²) in [6.45, 7) is 10.8. The van der Waals surface area contributed by atoms with Crippen LogP contribution >= 0.6 is 0 Å². The van der Waals surface area contributed by atoms with Gasteiger partial charge in [0, 0.05) is 5.54 Å². The lowest BCUT2D eigenvalue weighted by Crippen LogP contribution is -2.54. The summed E-state index contributed by atoms with van der Waals surface area (Å²) in [4.78, 5) is 14.1. The average molecular weight is 242 g/mol. The number of carbonyl (C=O) groups is 1. The van der Waals surface area contributed by atoms with Crippen molar-refractivity contribution in [2.75, 3.05) is 32.8 Å². The summed E-state index contributed by atoms with van der Waals surface area (Å²) in [6, 6.07) is 0. The molecule has 4 nitrogen and oxygen atoms in total. The first-order valence-corrected chi connectivity index (χ1v) is 6.78. The predicted molar refractivity (Wildman–Crippen MR) is 69.0 cm³/mol. The van der Waals surface area contributed by atoms with Gasteiger partial charge in [-0.25, -0.2) is 0 Å². The van der Waals surface area contributed by atoms with Gasteiger partial charge in [-0.2, -0.15) is 0 Å². The summed E-state index contributed by atoms with van der Waals surface area (Å²) < 4.78 is 5.08. The summed E-state index contributed by atoms with van der Waals surface area (Å²) >= 11 is 0. The molecule has 0 aromatic heterocycles. The number of esters is 1. The van der Waals surface area contributed by atoms with E-state index in [1.807, 2.05) is 6.92 Å². The number of nitrogens with one attached hydrogen (secondary N) is 1. The van der Waals surface area contributed by atoms with Crippen LogP contribution in [0.25, 0.3) is 0 Å². The minimum Gasteiger partial charge on any atom is -0.466 e. The first kappa shape index (κ1) is 14.5. The van der Waals surface area contributed by atoms with Crippen LogP contribution in [0.15, 0.2) is 0 Å². The normalized spacial score (nSPS) is 20.2. The SMILES string of the molecule is CCNC1(CC(=O)OCC)CCN(CC)CC1. The lowest BCUT2D eigenvalue weighted by atomic mass is 9.84.